The molecule has 0 N–H and O–H groups in total. The van der Waals surface area contributed by atoms with E-state index in [1.54, 1.807) is 6.08 Å². The quantitative estimate of drug-likeness (QED) is 0.155. The lowest BCUT2D eigenvalue weighted by molar-refractivity contribution is -0.428. The minimum absolute atomic E-state index is 0.246. The Labute approximate surface area is 133 Å². The van der Waals surface area contributed by atoms with Gasteiger partial charge in [-0.25, -0.2) is 0 Å². The molecule has 0 bridgehead atoms. The summed E-state index contributed by atoms with van der Waals surface area (Å²) >= 11 is 0. The fourth-order valence-corrected chi connectivity index (χ4v) is 1.81. The van der Waals surface area contributed by atoms with Crippen LogP contribution in [-0.2, 0) is 4.79 Å². The standard InChI is InChI=1S/C18H27NO3/c1-2-3-4-5-6-7-8-9-10-12-15-18(19(21)22)16-13-11-14-17-20/h3-4,6-7,9-10,15,17H,2,5,8,11-14,16H2,1H3/b4-3+,7-6+,10-9+,18-15-. The summed E-state index contributed by atoms with van der Waals surface area (Å²) in [6.07, 6.45) is 20.7. The van der Waals surface area contributed by atoms with Crippen molar-refractivity contribution in [1.82, 2.24) is 0 Å². The van der Waals surface area contributed by atoms with Crippen molar-refractivity contribution in [2.24, 2.45) is 0 Å². The van der Waals surface area contributed by atoms with Gasteiger partial charge in [-0.2, -0.15) is 0 Å². The summed E-state index contributed by atoms with van der Waals surface area (Å²) < 4.78 is 0. The van der Waals surface area contributed by atoms with E-state index in [2.05, 4.69) is 31.2 Å². The Hall–Kier alpha value is -1.97. The summed E-state index contributed by atoms with van der Waals surface area (Å²) in [5.41, 5.74) is 0.246. The molecule has 0 aliphatic rings. The van der Waals surface area contributed by atoms with Gasteiger partial charge in [0.2, 0.25) is 5.70 Å². The van der Waals surface area contributed by atoms with Gasteiger partial charge in [-0.15, -0.1) is 0 Å². The highest BCUT2D eigenvalue weighted by atomic mass is 16.6. The maximum Gasteiger partial charge on any atom is 0.242 e. The molecule has 0 spiro atoms. The van der Waals surface area contributed by atoms with Gasteiger partial charge in [0, 0.05) is 12.8 Å². The first-order valence-corrected chi connectivity index (χ1v) is 7.94. The maximum absolute atomic E-state index is 10.9. The van der Waals surface area contributed by atoms with E-state index in [0.29, 0.717) is 32.1 Å². The van der Waals surface area contributed by atoms with E-state index in [4.69, 9.17) is 0 Å². The number of hydrogen-bond acceptors (Lipinski definition) is 3. The molecule has 0 aliphatic heterocycles. The Balaban J connectivity index is 3.97. The van der Waals surface area contributed by atoms with Crippen LogP contribution >= 0.6 is 0 Å². The van der Waals surface area contributed by atoms with Crippen LogP contribution in [0.25, 0.3) is 0 Å². The molecular formula is C18H27NO3. The van der Waals surface area contributed by atoms with Gasteiger partial charge in [0.15, 0.2) is 0 Å². The second kappa shape index (κ2) is 15.4. The number of unbranched alkanes of at least 4 members (excludes halogenated alkanes) is 2. The number of rotatable bonds is 13. The SMILES string of the molecule is CC/C=C/C/C=C/C/C=C/C/C=C(/CCCCC=O)[N+](=O)[O-]. The number of hydrogen-bond donors (Lipinski definition) is 0. The number of carbonyl (C=O) groups excluding carboxylic acids is 1. The Bertz CT molecular complexity index is 420. The lowest BCUT2D eigenvalue weighted by Gasteiger charge is -1.97. The average Bonchev–Trinajstić information content (AvgIpc) is 2.50. The van der Waals surface area contributed by atoms with Crippen LogP contribution < -0.4 is 0 Å². The molecule has 0 fully saturated rings. The van der Waals surface area contributed by atoms with E-state index in [0.717, 1.165) is 25.5 Å². The summed E-state index contributed by atoms with van der Waals surface area (Å²) in [6.45, 7) is 2.11. The van der Waals surface area contributed by atoms with Crippen LogP contribution in [0, 0.1) is 10.1 Å². The molecule has 0 aliphatic carbocycles. The van der Waals surface area contributed by atoms with Crippen molar-refractivity contribution < 1.29 is 9.72 Å². The van der Waals surface area contributed by atoms with E-state index >= 15 is 0 Å². The van der Waals surface area contributed by atoms with E-state index in [9.17, 15) is 14.9 Å². The van der Waals surface area contributed by atoms with Gasteiger partial charge in [0.1, 0.15) is 6.29 Å². The smallest absolute Gasteiger partial charge is 0.242 e. The van der Waals surface area contributed by atoms with Gasteiger partial charge in [0.25, 0.3) is 0 Å². The fourth-order valence-electron chi connectivity index (χ4n) is 1.81. The van der Waals surface area contributed by atoms with E-state index in [-0.39, 0.29) is 10.6 Å². The molecule has 0 amide bonds. The summed E-state index contributed by atoms with van der Waals surface area (Å²) in [4.78, 5) is 20.7. The van der Waals surface area contributed by atoms with Crippen molar-refractivity contribution in [3.05, 3.63) is 58.3 Å². The summed E-state index contributed by atoms with van der Waals surface area (Å²) in [6, 6.07) is 0. The Kier molecular flexibility index (Phi) is 14.0. The maximum atomic E-state index is 10.9. The highest BCUT2D eigenvalue weighted by Gasteiger charge is 2.08. The monoisotopic (exact) mass is 305 g/mol. The van der Waals surface area contributed by atoms with Crippen LogP contribution in [0.4, 0.5) is 0 Å². The van der Waals surface area contributed by atoms with Crippen molar-refractivity contribution >= 4 is 6.29 Å². The van der Waals surface area contributed by atoms with Gasteiger partial charge in [-0.05, 0) is 44.6 Å². The lowest BCUT2D eigenvalue weighted by atomic mass is 10.1. The first-order chi connectivity index (χ1) is 10.7. The molecule has 0 atom stereocenters. The second-order valence-corrected chi connectivity index (χ2v) is 4.89. The average molecular weight is 305 g/mol. The van der Waals surface area contributed by atoms with E-state index in [1.165, 1.54) is 0 Å². The molecule has 0 saturated heterocycles. The molecule has 0 aromatic heterocycles. The molecule has 0 radical (unpaired) electrons. The third-order valence-electron chi connectivity index (χ3n) is 3.01. The topological polar surface area (TPSA) is 60.2 Å². The molecule has 4 heteroatoms. The van der Waals surface area contributed by atoms with Crippen LogP contribution in [0.1, 0.15) is 58.3 Å². The molecule has 4 nitrogen and oxygen atoms in total. The number of aldehydes is 1. The molecule has 0 aromatic carbocycles. The normalized spacial score (nSPS) is 12.7. The van der Waals surface area contributed by atoms with Crippen molar-refractivity contribution in [2.45, 2.75) is 58.3 Å². The predicted octanol–water partition coefficient (Wildman–Crippen LogP) is 5.16. The molecule has 0 saturated carbocycles. The molecule has 22 heavy (non-hydrogen) atoms. The summed E-state index contributed by atoms with van der Waals surface area (Å²) in [7, 11) is 0. The summed E-state index contributed by atoms with van der Waals surface area (Å²) in [5, 5.41) is 10.9. The Morgan fingerprint density at radius 1 is 0.955 bits per heavy atom. The molecule has 0 aromatic rings. The van der Waals surface area contributed by atoms with Gasteiger partial charge >= 0.3 is 0 Å². The van der Waals surface area contributed by atoms with Crippen LogP contribution in [0.15, 0.2) is 48.2 Å². The van der Waals surface area contributed by atoms with Gasteiger partial charge in [0.05, 0.1) is 4.92 Å². The Morgan fingerprint density at radius 2 is 1.55 bits per heavy atom. The van der Waals surface area contributed by atoms with Crippen LogP contribution in [-0.4, -0.2) is 11.2 Å². The second-order valence-electron chi connectivity index (χ2n) is 4.89. The minimum Gasteiger partial charge on any atom is -0.303 e. The molecular weight excluding hydrogens is 278 g/mol. The van der Waals surface area contributed by atoms with Gasteiger partial charge in [-0.1, -0.05) is 43.4 Å². The van der Waals surface area contributed by atoms with Crippen molar-refractivity contribution in [2.75, 3.05) is 0 Å². The largest absolute Gasteiger partial charge is 0.303 e. The number of nitrogens with zero attached hydrogens (tertiary/aromatic N) is 1. The highest BCUT2D eigenvalue weighted by Crippen LogP contribution is 2.10. The zero-order chi connectivity index (χ0) is 16.5. The molecule has 122 valence electrons. The zero-order valence-corrected chi connectivity index (χ0v) is 13.4. The first-order valence-electron chi connectivity index (χ1n) is 7.94. The lowest BCUT2D eigenvalue weighted by Crippen LogP contribution is -1.98. The summed E-state index contributed by atoms with van der Waals surface area (Å²) in [5.74, 6) is 0. The van der Waals surface area contributed by atoms with Crippen molar-refractivity contribution in [3.63, 3.8) is 0 Å². The van der Waals surface area contributed by atoms with Gasteiger partial charge in [-0.3, -0.25) is 10.1 Å². The highest BCUT2D eigenvalue weighted by molar-refractivity contribution is 5.48. The van der Waals surface area contributed by atoms with Gasteiger partial charge < -0.3 is 4.79 Å². The fraction of sp³-hybridized carbons (Fsp3) is 0.500. The van der Waals surface area contributed by atoms with Crippen molar-refractivity contribution in [1.29, 1.82) is 0 Å². The molecule has 0 rings (SSSR count). The van der Waals surface area contributed by atoms with Crippen LogP contribution in [0.3, 0.4) is 0 Å². The van der Waals surface area contributed by atoms with Crippen molar-refractivity contribution in [3.8, 4) is 0 Å². The number of carbonyl (C=O) groups is 1. The predicted molar refractivity (Wildman–Crippen MR) is 91.2 cm³/mol. The molecule has 0 heterocycles. The zero-order valence-electron chi connectivity index (χ0n) is 13.4. The number of nitro groups is 1. The van der Waals surface area contributed by atoms with Crippen LogP contribution in [0.2, 0.25) is 0 Å². The van der Waals surface area contributed by atoms with E-state index in [1.807, 2.05) is 12.2 Å². The number of allylic oxidation sites excluding steroid dienone is 8. The first kappa shape index (κ1) is 20.0. The third-order valence-corrected chi connectivity index (χ3v) is 3.01. The van der Waals surface area contributed by atoms with E-state index < -0.39 is 0 Å². The molecule has 0 unspecified atom stereocenters. The minimum atomic E-state index is -0.325. The van der Waals surface area contributed by atoms with Crippen LogP contribution in [0.5, 0.6) is 0 Å². The Morgan fingerprint density at radius 3 is 2.09 bits per heavy atom. The third kappa shape index (κ3) is 13.0.